The summed E-state index contributed by atoms with van der Waals surface area (Å²) in [6.45, 7) is 3.25. The average molecular weight is 243 g/mol. The summed E-state index contributed by atoms with van der Waals surface area (Å²) in [6.07, 6.45) is 7.38. The van der Waals surface area contributed by atoms with E-state index in [0.29, 0.717) is 0 Å². The van der Waals surface area contributed by atoms with Crippen molar-refractivity contribution in [1.82, 2.24) is 4.98 Å². The van der Waals surface area contributed by atoms with Crippen molar-refractivity contribution in [3.8, 4) is 0 Å². The monoisotopic (exact) mass is 242 g/mol. The second-order valence-corrected chi connectivity index (χ2v) is 3.84. The molecule has 0 aromatic carbocycles. The van der Waals surface area contributed by atoms with E-state index in [1.807, 2.05) is 12.3 Å². The van der Waals surface area contributed by atoms with Crippen LogP contribution in [-0.2, 0) is 0 Å². The average Bonchev–Trinajstić information content (AvgIpc) is 2.15. The zero-order chi connectivity index (χ0) is 9.52. The van der Waals surface area contributed by atoms with Gasteiger partial charge in [0, 0.05) is 18.9 Å². The minimum absolute atomic E-state index is 1.03. The molecule has 13 heavy (non-hydrogen) atoms. The lowest BCUT2D eigenvalue weighted by Crippen LogP contribution is -2.01. The molecule has 0 unspecified atom stereocenters. The fourth-order valence-electron chi connectivity index (χ4n) is 1.12. The number of halogens is 1. The van der Waals surface area contributed by atoms with Gasteiger partial charge >= 0.3 is 0 Å². The van der Waals surface area contributed by atoms with E-state index in [0.717, 1.165) is 16.7 Å². The van der Waals surface area contributed by atoms with Crippen LogP contribution in [0.4, 0.5) is 5.69 Å². The Morgan fingerprint density at radius 2 is 2.31 bits per heavy atom. The fourth-order valence-corrected chi connectivity index (χ4v) is 1.51. The Morgan fingerprint density at radius 1 is 1.46 bits per heavy atom. The van der Waals surface area contributed by atoms with Crippen molar-refractivity contribution < 1.29 is 0 Å². The van der Waals surface area contributed by atoms with Gasteiger partial charge in [0.15, 0.2) is 0 Å². The first-order valence-corrected chi connectivity index (χ1v) is 5.47. The van der Waals surface area contributed by atoms with E-state index in [-0.39, 0.29) is 0 Å². The maximum Gasteiger partial charge on any atom is 0.0590 e. The van der Waals surface area contributed by atoms with E-state index < -0.39 is 0 Å². The third-order valence-corrected chi connectivity index (χ3v) is 2.50. The number of rotatable bonds is 5. The van der Waals surface area contributed by atoms with Gasteiger partial charge in [0.2, 0.25) is 0 Å². The maximum atomic E-state index is 4.00. The van der Waals surface area contributed by atoms with Crippen LogP contribution >= 0.6 is 15.9 Å². The third-order valence-electron chi connectivity index (χ3n) is 1.87. The Bertz CT molecular complexity index is 250. The maximum absolute atomic E-state index is 4.00. The molecule has 0 aliphatic carbocycles. The second-order valence-electron chi connectivity index (χ2n) is 2.99. The van der Waals surface area contributed by atoms with Gasteiger partial charge in [-0.05, 0) is 28.4 Å². The Labute approximate surface area is 87.9 Å². The summed E-state index contributed by atoms with van der Waals surface area (Å²) in [7, 11) is 0. The number of aromatic nitrogens is 1. The first-order valence-electron chi connectivity index (χ1n) is 4.68. The van der Waals surface area contributed by atoms with Gasteiger partial charge in [0.1, 0.15) is 0 Å². The van der Waals surface area contributed by atoms with E-state index in [1.165, 1.54) is 19.3 Å². The highest BCUT2D eigenvalue weighted by atomic mass is 79.9. The van der Waals surface area contributed by atoms with Gasteiger partial charge in [0.05, 0.1) is 10.2 Å². The number of unbranched alkanes of at least 4 members (excludes halogenated alkanes) is 2. The van der Waals surface area contributed by atoms with Crippen LogP contribution in [0.3, 0.4) is 0 Å². The second kappa shape index (κ2) is 5.97. The van der Waals surface area contributed by atoms with Gasteiger partial charge in [-0.15, -0.1) is 0 Å². The molecule has 1 aromatic rings. The summed E-state index contributed by atoms with van der Waals surface area (Å²) in [5.74, 6) is 0. The summed E-state index contributed by atoms with van der Waals surface area (Å²) >= 11 is 3.44. The van der Waals surface area contributed by atoms with Crippen molar-refractivity contribution in [2.75, 3.05) is 11.9 Å². The highest BCUT2D eigenvalue weighted by molar-refractivity contribution is 9.10. The zero-order valence-corrected chi connectivity index (χ0v) is 9.47. The Hall–Kier alpha value is -0.570. The molecule has 0 saturated carbocycles. The van der Waals surface area contributed by atoms with E-state index in [9.17, 15) is 0 Å². The fraction of sp³-hybridized carbons (Fsp3) is 0.500. The number of pyridine rings is 1. The molecule has 1 N–H and O–H groups in total. The van der Waals surface area contributed by atoms with E-state index in [1.54, 1.807) is 6.20 Å². The molecular formula is C10H15BrN2. The van der Waals surface area contributed by atoms with E-state index in [4.69, 9.17) is 0 Å². The molecule has 1 heterocycles. The molecule has 3 heteroatoms. The van der Waals surface area contributed by atoms with Crippen molar-refractivity contribution in [3.63, 3.8) is 0 Å². The summed E-state index contributed by atoms with van der Waals surface area (Å²) in [4.78, 5) is 4.00. The van der Waals surface area contributed by atoms with Crippen molar-refractivity contribution in [1.29, 1.82) is 0 Å². The van der Waals surface area contributed by atoms with E-state index in [2.05, 4.69) is 33.2 Å². The molecule has 0 radical (unpaired) electrons. The normalized spacial score (nSPS) is 10.0. The Kier molecular flexibility index (Phi) is 4.83. The molecule has 0 bridgehead atoms. The summed E-state index contributed by atoms with van der Waals surface area (Å²) in [5, 5.41) is 3.36. The van der Waals surface area contributed by atoms with Crippen LogP contribution in [0.2, 0.25) is 0 Å². The SMILES string of the molecule is CCCCCNc1ccncc1Br. The van der Waals surface area contributed by atoms with Crippen LogP contribution in [0, 0.1) is 0 Å². The number of hydrogen-bond donors (Lipinski definition) is 1. The largest absolute Gasteiger partial charge is 0.384 e. The number of nitrogens with one attached hydrogen (secondary N) is 1. The Morgan fingerprint density at radius 3 is 3.00 bits per heavy atom. The number of anilines is 1. The predicted octanol–water partition coefficient (Wildman–Crippen LogP) is 3.45. The van der Waals surface area contributed by atoms with Crippen molar-refractivity contribution in [2.24, 2.45) is 0 Å². The molecule has 0 fully saturated rings. The lowest BCUT2D eigenvalue weighted by molar-refractivity contribution is 0.743. The minimum Gasteiger partial charge on any atom is -0.384 e. The molecule has 0 aliphatic rings. The van der Waals surface area contributed by atoms with Gasteiger partial charge in [-0.2, -0.15) is 0 Å². The van der Waals surface area contributed by atoms with Gasteiger partial charge in [-0.1, -0.05) is 19.8 Å². The molecule has 2 nitrogen and oxygen atoms in total. The Balaban J connectivity index is 2.32. The molecule has 1 aromatic heterocycles. The van der Waals surface area contributed by atoms with Crippen LogP contribution in [-0.4, -0.2) is 11.5 Å². The quantitative estimate of drug-likeness (QED) is 0.801. The van der Waals surface area contributed by atoms with Crippen LogP contribution in [0.1, 0.15) is 26.2 Å². The topological polar surface area (TPSA) is 24.9 Å². The van der Waals surface area contributed by atoms with Crippen LogP contribution < -0.4 is 5.32 Å². The summed E-state index contributed by atoms with van der Waals surface area (Å²) in [5.41, 5.74) is 1.13. The van der Waals surface area contributed by atoms with Crippen molar-refractivity contribution in [2.45, 2.75) is 26.2 Å². The van der Waals surface area contributed by atoms with Gasteiger partial charge in [-0.25, -0.2) is 0 Å². The molecule has 72 valence electrons. The van der Waals surface area contributed by atoms with E-state index >= 15 is 0 Å². The standard InChI is InChI=1S/C10H15BrN2/c1-2-3-4-6-13-10-5-7-12-8-9(10)11/h5,7-8H,2-4,6H2,1H3,(H,12,13). The van der Waals surface area contributed by atoms with Crippen LogP contribution in [0.5, 0.6) is 0 Å². The number of hydrogen-bond acceptors (Lipinski definition) is 2. The highest BCUT2D eigenvalue weighted by Gasteiger charge is 1.96. The lowest BCUT2D eigenvalue weighted by Gasteiger charge is -2.06. The number of nitrogens with zero attached hydrogens (tertiary/aromatic N) is 1. The highest BCUT2D eigenvalue weighted by Crippen LogP contribution is 2.19. The molecule has 1 rings (SSSR count). The molecule has 0 spiro atoms. The van der Waals surface area contributed by atoms with Gasteiger partial charge in [-0.3, -0.25) is 4.98 Å². The first-order chi connectivity index (χ1) is 6.34. The minimum atomic E-state index is 1.03. The molecular weight excluding hydrogens is 228 g/mol. The summed E-state index contributed by atoms with van der Waals surface area (Å²) < 4.78 is 1.03. The molecule has 0 atom stereocenters. The summed E-state index contributed by atoms with van der Waals surface area (Å²) in [6, 6.07) is 1.98. The van der Waals surface area contributed by atoms with Crippen LogP contribution in [0.25, 0.3) is 0 Å². The molecule has 0 aliphatic heterocycles. The van der Waals surface area contributed by atoms with Crippen molar-refractivity contribution in [3.05, 3.63) is 22.9 Å². The van der Waals surface area contributed by atoms with Gasteiger partial charge in [0.25, 0.3) is 0 Å². The predicted molar refractivity (Wildman–Crippen MR) is 60.0 cm³/mol. The smallest absolute Gasteiger partial charge is 0.0590 e. The molecule has 0 saturated heterocycles. The third kappa shape index (κ3) is 3.77. The van der Waals surface area contributed by atoms with Crippen molar-refractivity contribution >= 4 is 21.6 Å². The lowest BCUT2D eigenvalue weighted by atomic mass is 10.2. The van der Waals surface area contributed by atoms with Crippen LogP contribution in [0.15, 0.2) is 22.9 Å². The van der Waals surface area contributed by atoms with Gasteiger partial charge < -0.3 is 5.32 Å². The molecule has 0 amide bonds. The zero-order valence-electron chi connectivity index (χ0n) is 7.89. The first kappa shape index (κ1) is 10.5.